The lowest BCUT2D eigenvalue weighted by Crippen LogP contribution is -2.29. The average molecular weight is 285 g/mol. The second-order valence-corrected chi connectivity index (χ2v) is 4.54. The number of rotatable bonds is 4. The third-order valence-electron chi connectivity index (χ3n) is 3.11. The molecule has 0 radical (unpaired) electrons. The molecule has 1 saturated heterocycles. The van der Waals surface area contributed by atoms with Crippen LogP contribution in [0.3, 0.4) is 0 Å². The van der Waals surface area contributed by atoms with Gasteiger partial charge in [-0.05, 0) is 31.4 Å². The summed E-state index contributed by atoms with van der Waals surface area (Å²) >= 11 is 0. The number of pyridine rings is 1. The fourth-order valence-electron chi connectivity index (χ4n) is 2.14. The van der Waals surface area contributed by atoms with Crippen LogP contribution >= 0.6 is 12.4 Å². The molecule has 2 heterocycles. The Bertz CT molecular complexity index is 390. The molecular formula is C13H21ClN4O. The molecule has 6 heteroatoms. The molecule has 2 rings (SSSR count). The Kier molecular flexibility index (Phi) is 6.59. The van der Waals surface area contributed by atoms with Gasteiger partial charge in [0.2, 0.25) is 5.91 Å². The van der Waals surface area contributed by atoms with E-state index in [9.17, 15) is 4.79 Å². The first kappa shape index (κ1) is 15.7. The highest BCUT2D eigenvalue weighted by Crippen LogP contribution is 2.19. The number of nitrogens with zero attached hydrogens (tertiary/aromatic N) is 2. The summed E-state index contributed by atoms with van der Waals surface area (Å²) in [5.41, 5.74) is 6.45. The van der Waals surface area contributed by atoms with Crippen molar-refractivity contribution in [1.82, 2.24) is 4.98 Å². The molecule has 3 N–H and O–H groups in total. The van der Waals surface area contributed by atoms with E-state index in [-0.39, 0.29) is 18.3 Å². The van der Waals surface area contributed by atoms with E-state index in [4.69, 9.17) is 5.73 Å². The number of carbonyl (C=O) groups is 1. The Hall–Kier alpha value is -1.33. The minimum absolute atomic E-state index is 0. The number of hydrogen-bond donors (Lipinski definition) is 2. The van der Waals surface area contributed by atoms with Crippen LogP contribution in [0.1, 0.15) is 25.7 Å². The fraction of sp³-hybridized carbons (Fsp3) is 0.538. The summed E-state index contributed by atoms with van der Waals surface area (Å²) in [7, 11) is 0. The van der Waals surface area contributed by atoms with Gasteiger partial charge >= 0.3 is 0 Å². The predicted molar refractivity (Wildman–Crippen MR) is 79.9 cm³/mol. The molecule has 1 fully saturated rings. The zero-order valence-corrected chi connectivity index (χ0v) is 11.8. The van der Waals surface area contributed by atoms with Gasteiger partial charge in [0.1, 0.15) is 5.82 Å². The highest BCUT2D eigenvalue weighted by atomic mass is 35.5. The van der Waals surface area contributed by atoms with Gasteiger partial charge in [0.25, 0.3) is 0 Å². The van der Waals surface area contributed by atoms with E-state index in [1.54, 1.807) is 0 Å². The van der Waals surface area contributed by atoms with Crippen LogP contribution in [0.4, 0.5) is 11.5 Å². The lowest BCUT2D eigenvalue weighted by Gasteiger charge is -2.28. The van der Waals surface area contributed by atoms with Crippen molar-refractivity contribution in [3.63, 3.8) is 0 Å². The minimum atomic E-state index is -0.0873. The maximum absolute atomic E-state index is 11.4. The summed E-state index contributed by atoms with van der Waals surface area (Å²) in [6.45, 7) is 2.55. The van der Waals surface area contributed by atoms with Crippen molar-refractivity contribution in [3.05, 3.63) is 18.3 Å². The molecule has 0 spiro atoms. The van der Waals surface area contributed by atoms with Crippen molar-refractivity contribution >= 4 is 29.8 Å². The number of anilines is 2. The standard InChI is InChI=1S/C13H20N4O.ClH/c14-7-6-13(18)16-12-5-4-11(10-15-12)17-8-2-1-3-9-17;/h4-5,10H,1-3,6-9,14H2,(H,15,16,18);1H. The van der Waals surface area contributed by atoms with E-state index in [1.165, 1.54) is 19.3 Å². The van der Waals surface area contributed by atoms with Crippen LogP contribution in [0.5, 0.6) is 0 Å². The molecule has 1 aliphatic heterocycles. The number of halogens is 1. The largest absolute Gasteiger partial charge is 0.370 e. The fourth-order valence-corrected chi connectivity index (χ4v) is 2.14. The molecule has 1 amide bonds. The van der Waals surface area contributed by atoms with Gasteiger partial charge in [-0.3, -0.25) is 4.79 Å². The number of nitrogens with one attached hydrogen (secondary N) is 1. The maximum atomic E-state index is 11.4. The van der Waals surface area contributed by atoms with Crippen LogP contribution < -0.4 is 16.0 Å². The predicted octanol–water partition coefficient (Wildman–Crippen LogP) is 1.78. The van der Waals surface area contributed by atoms with Crippen LogP contribution in [0, 0.1) is 0 Å². The Morgan fingerprint density at radius 1 is 1.32 bits per heavy atom. The molecule has 5 nitrogen and oxygen atoms in total. The molecule has 1 aromatic heterocycles. The van der Waals surface area contributed by atoms with E-state index in [0.717, 1.165) is 18.8 Å². The van der Waals surface area contributed by atoms with E-state index in [1.807, 2.05) is 18.3 Å². The Labute approximate surface area is 120 Å². The zero-order chi connectivity index (χ0) is 12.8. The molecular weight excluding hydrogens is 264 g/mol. The van der Waals surface area contributed by atoms with Crippen molar-refractivity contribution in [2.45, 2.75) is 25.7 Å². The summed E-state index contributed by atoms with van der Waals surface area (Å²) in [4.78, 5) is 18.0. The number of piperidine rings is 1. The summed E-state index contributed by atoms with van der Waals surface area (Å²) in [6, 6.07) is 3.86. The van der Waals surface area contributed by atoms with Crippen LogP contribution in [0.25, 0.3) is 0 Å². The van der Waals surface area contributed by atoms with Gasteiger partial charge in [-0.1, -0.05) is 0 Å². The molecule has 19 heavy (non-hydrogen) atoms. The van der Waals surface area contributed by atoms with E-state index in [2.05, 4.69) is 15.2 Å². The van der Waals surface area contributed by atoms with Gasteiger partial charge in [0.15, 0.2) is 0 Å². The van der Waals surface area contributed by atoms with Gasteiger partial charge in [0, 0.05) is 26.1 Å². The first-order valence-corrected chi connectivity index (χ1v) is 6.50. The molecule has 0 aromatic carbocycles. The molecule has 0 atom stereocenters. The molecule has 106 valence electrons. The number of aromatic nitrogens is 1. The Balaban J connectivity index is 0.00000180. The van der Waals surface area contributed by atoms with Gasteiger partial charge < -0.3 is 16.0 Å². The molecule has 0 bridgehead atoms. The molecule has 0 saturated carbocycles. The van der Waals surface area contributed by atoms with Crippen molar-refractivity contribution in [3.8, 4) is 0 Å². The summed E-state index contributed by atoms with van der Waals surface area (Å²) < 4.78 is 0. The second-order valence-electron chi connectivity index (χ2n) is 4.54. The second kappa shape index (κ2) is 7.96. The third-order valence-corrected chi connectivity index (χ3v) is 3.11. The smallest absolute Gasteiger partial charge is 0.226 e. The van der Waals surface area contributed by atoms with Gasteiger partial charge in [-0.25, -0.2) is 4.98 Å². The Morgan fingerprint density at radius 3 is 2.63 bits per heavy atom. The highest BCUT2D eigenvalue weighted by Gasteiger charge is 2.11. The number of nitrogens with two attached hydrogens (primary N) is 1. The van der Waals surface area contributed by atoms with Crippen molar-refractivity contribution in [1.29, 1.82) is 0 Å². The minimum Gasteiger partial charge on any atom is -0.370 e. The summed E-state index contributed by atoms with van der Waals surface area (Å²) in [5, 5.41) is 2.72. The molecule has 0 unspecified atom stereocenters. The number of carbonyl (C=O) groups excluding carboxylic acids is 1. The van der Waals surface area contributed by atoms with Gasteiger partial charge in [-0.2, -0.15) is 0 Å². The van der Waals surface area contributed by atoms with Crippen molar-refractivity contribution in [2.75, 3.05) is 29.9 Å². The Morgan fingerprint density at radius 2 is 2.05 bits per heavy atom. The van der Waals surface area contributed by atoms with Crippen LogP contribution in [-0.4, -0.2) is 30.5 Å². The van der Waals surface area contributed by atoms with Crippen molar-refractivity contribution < 1.29 is 4.79 Å². The zero-order valence-electron chi connectivity index (χ0n) is 11.0. The molecule has 1 aromatic rings. The average Bonchev–Trinajstić information content (AvgIpc) is 2.41. The van der Waals surface area contributed by atoms with Crippen LogP contribution in [0.15, 0.2) is 18.3 Å². The van der Waals surface area contributed by atoms with Gasteiger partial charge in [-0.15, -0.1) is 12.4 Å². The molecule has 1 aliphatic rings. The topological polar surface area (TPSA) is 71.2 Å². The molecule has 0 aliphatic carbocycles. The third kappa shape index (κ3) is 4.69. The SMILES string of the molecule is Cl.NCCC(=O)Nc1ccc(N2CCCCC2)cn1. The highest BCUT2D eigenvalue weighted by molar-refractivity contribution is 5.89. The monoisotopic (exact) mass is 284 g/mol. The lowest BCUT2D eigenvalue weighted by molar-refractivity contribution is -0.116. The maximum Gasteiger partial charge on any atom is 0.226 e. The summed E-state index contributed by atoms with van der Waals surface area (Å²) in [6.07, 6.45) is 5.96. The van der Waals surface area contributed by atoms with Crippen LogP contribution in [0.2, 0.25) is 0 Å². The van der Waals surface area contributed by atoms with E-state index >= 15 is 0 Å². The van der Waals surface area contributed by atoms with Crippen molar-refractivity contribution in [2.24, 2.45) is 5.73 Å². The first-order valence-electron chi connectivity index (χ1n) is 6.50. The summed E-state index contributed by atoms with van der Waals surface area (Å²) in [5.74, 6) is 0.505. The van der Waals surface area contributed by atoms with Crippen LogP contribution in [-0.2, 0) is 4.79 Å². The first-order chi connectivity index (χ1) is 8.79. The quantitative estimate of drug-likeness (QED) is 0.884. The normalized spacial score (nSPS) is 14.7. The number of amides is 1. The van der Waals surface area contributed by atoms with E-state index < -0.39 is 0 Å². The van der Waals surface area contributed by atoms with E-state index in [0.29, 0.717) is 18.8 Å². The van der Waals surface area contributed by atoms with Gasteiger partial charge in [0.05, 0.1) is 11.9 Å². The lowest BCUT2D eigenvalue weighted by atomic mass is 10.1. The number of hydrogen-bond acceptors (Lipinski definition) is 4.